The first-order valence-electron chi connectivity index (χ1n) is 11.2. The molecule has 2 aliphatic rings. The summed E-state index contributed by atoms with van der Waals surface area (Å²) in [6.45, 7) is 3.12. The van der Waals surface area contributed by atoms with Crippen LogP contribution in [0.15, 0.2) is 70.3 Å². The molecule has 0 radical (unpaired) electrons. The quantitative estimate of drug-likeness (QED) is 0.332. The molecule has 2 fully saturated rings. The van der Waals surface area contributed by atoms with E-state index in [0.29, 0.717) is 24.2 Å². The van der Waals surface area contributed by atoms with Crippen molar-refractivity contribution in [3.8, 4) is 0 Å². The summed E-state index contributed by atoms with van der Waals surface area (Å²) in [4.78, 5) is 44.4. The van der Waals surface area contributed by atoms with Crippen LogP contribution in [0.4, 0.5) is 11.4 Å². The summed E-state index contributed by atoms with van der Waals surface area (Å²) in [6.07, 6.45) is 1.08. The average Bonchev–Trinajstić information content (AvgIpc) is 3.41. The van der Waals surface area contributed by atoms with Gasteiger partial charge < -0.3 is 11.5 Å². The number of hydrogen-bond donors (Lipinski definition) is 3. The minimum absolute atomic E-state index is 0.0929. The molecule has 0 spiro atoms. The second-order valence-electron chi connectivity index (χ2n) is 8.08. The van der Waals surface area contributed by atoms with Crippen molar-refractivity contribution in [2.75, 3.05) is 23.8 Å². The third-order valence-corrected chi connectivity index (χ3v) is 8.34. The molecular weight excluding hydrogens is 536 g/mol. The van der Waals surface area contributed by atoms with Crippen molar-refractivity contribution in [2.45, 2.75) is 35.5 Å². The molecule has 204 valence electrons. The molecule has 0 unspecified atom stereocenters. The highest BCUT2D eigenvalue weighted by molar-refractivity contribution is 7.94. The Morgan fingerprint density at radius 3 is 1.53 bits per heavy atom. The summed E-state index contributed by atoms with van der Waals surface area (Å²) in [5.74, 6) is -1.18. The van der Waals surface area contributed by atoms with Crippen molar-refractivity contribution in [1.29, 1.82) is 0 Å². The molecule has 0 saturated carbocycles. The Morgan fingerprint density at radius 2 is 1.16 bits per heavy atom. The molecule has 0 aromatic heterocycles. The smallest absolute Gasteiger partial charge is 0.229 e. The van der Waals surface area contributed by atoms with Crippen LogP contribution in [0.25, 0.3) is 0 Å². The molecule has 4 rings (SSSR count). The first-order chi connectivity index (χ1) is 17.7. The number of nitrogens with one attached hydrogen (secondary N) is 1. The zero-order valence-corrected chi connectivity index (χ0v) is 22.0. The van der Waals surface area contributed by atoms with Gasteiger partial charge in [0.1, 0.15) is 0 Å². The van der Waals surface area contributed by atoms with Crippen molar-refractivity contribution in [3.63, 3.8) is 0 Å². The fourth-order valence-corrected chi connectivity index (χ4v) is 5.06. The highest BCUT2D eigenvalue weighted by atomic mass is 32.2. The van der Waals surface area contributed by atoms with Gasteiger partial charge in [-0.3, -0.25) is 29.4 Å². The van der Waals surface area contributed by atoms with E-state index < -0.39 is 19.7 Å². The molecule has 0 bridgehead atoms. The second-order valence-corrected chi connectivity index (χ2v) is 12.1. The highest BCUT2D eigenvalue weighted by Crippen LogP contribution is 2.16. The number of nitrogen functional groups attached to an aromatic ring is 2. The van der Waals surface area contributed by atoms with E-state index in [1.165, 1.54) is 48.5 Å². The summed E-state index contributed by atoms with van der Waals surface area (Å²) < 4.78 is 46.4. The lowest BCUT2D eigenvalue weighted by molar-refractivity contribution is -0.138. The number of rotatable bonds is 6. The monoisotopic (exact) mass is 564 g/mol. The number of nitrogens with zero attached hydrogens (tertiary/aromatic N) is 1. The van der Waals surface area contributed by atoms with Crippen LogP contribution in [0.5, 0.6) is 0 Å². The van der Waals surface area contributed by atoms with E-state index in [1.807, 2.05) is 0 Å². The number of sulfone groups is 2. The molecule has 4 amide bonds. The molecular formula is C24H28N4O8S2. The predicted octanol–water partition coefficient (Wildman–Crippen LogP) is 0.800. The van der Waals surface area contributed by atoms with Gasteiger partial charge in [0.05, 0.1) is 15.5 Å². The van der Waals surface area contributed by atoms with Gasteiger partial charge in [-0.25, -0.2) is 16.8 Å². The number of benzene rings is 2. The third kappa shape index (κ3) is 8.81. The Kier molecular flexibility index (Phi) is 10.3. The van der Waals surface area contributed by atoms with Gasteiger partial charge in [-0.1, -0.05) is 6.58 Å². The van der Waals surface area contributed by atoms with Crippen LogP contribution in [0.3, 0.4) is 0 Å². The van der Waals surface area contributed by atoms with E-state index in [0.717, 1.165) is 10.3 Å². The van der Waals surface area contributed by atoms with Gasteiger partial charge in [0.15, 0.2) is 19.7 Å². The molecule has 14 heteroatoms. The molecule has 2 saturated heterocycles. The van der Waals surface area contributed by atoms with Gasteiger partial charge in [0.25, 0.3) is 0 Å². The van der Waals surface area contributed by atoms with Crippen molar-refractivity contribution in [2.24, 2.45) is 0 Å². The lowest BCUT2D eigenvalue weighted by Crippen LogP contribution is -2.33. The summed E-state index contributed by atoms with van der Waals surface area (Å²) >= 11 is 0. The number of amides is 4. The molecule has 2 aliphatic heterocycles. The van der Waals surface area contributed by atoms with Gasteiger partial charge in [-0.15, -0.1) is 0 Å². The van der Waals surface area contributed by atoms with E-state index in [2.05, 4.69) is 11.9 Å². The van der Waals surface area contributed by atoms with Crippen LogP contribution in [-0.2, 0) is 38.9 Å². The summed E-state index contributed by atoms with van der Waals surface area (Å²) in [7, 11) is -6.82. The number of likely N-dealkylation sites (tertiary alicyclic amines) is 1. The minimum atomic E-state index is -3.51. The fraction of sp³-hybridized carbons (Fsp3) is 0.250. The topological polar surface area (TPSA) is 204 Å². The Balaban J connectivity index is 0.000000226. The molecule has 0 aliphatic carbocycles. The first-order valence-corrected chi connectivity index (χ1v) is 14.4. The fourth-order valence-electron chi connectivity index (χ4n) is 3.14. The van der Waals surface area contributed by atoms with Crippen LogP contribution in [0.1, 0.15) is 25.7 Å². The molecule has 5 N–H and O–H groups in total. The van der Waals surface area contributed by atoms with Gasteiger partial charge in [0, 0.05) is 49.0 Å². The second kappa shape index (κ2) is 13.0. The van der Waals surface area contributed by atoms with Crippen molar-refractivity contribution >= 4 is 54.7 Å². The number of nitrogens with two attached hydrogens (primary N) is 2. The van der Waals surface area contributed by atoms with Crippen molar-refractivity contribution in [1.82, 2.24) is 10.2 Å². The molecule has 2 heterocycles. The number of imide groups is 2. The number of hydrogen-bond acceptors (Lipinski definition) is 10. The summed E-state index contributed by atoms with van der Waals surface area (Å²) in [5.41, 5.74) is 11.9. The Morgan fingerprint density at radius 1 is 0.737 bits per heavy atom. The maximum absolute atomic E-state index is 12.0. The predicted molar refractivity (Wildman–Crippen MR) is 139 cm³/mol. The summed E-state index contributed by atoms with van der Waals surface area (Å²) in [6, 6.07) is 11.8. The minimum Gasteiger partial charge on any atom is -0.399 e. The Hall–Kier alpha value is -4.04. The van der Waals surface area contributed by atoms with Gasteiger partial charge in [0.2, 0.25) is 23.6 Å². The Labute approximate surface area is 220 Å². The van der Waals surface area contributed by atoms with Crippen LogP contribution in [-0.4, -0.2) is 57.7 Å². The largest absolute Gasteiger partial charge is 0.399 e. The van der Waals surface area contributed by atoms with E-state index in [1.54, 1.807) is 0 Å². The average molecular weight is 565 g/mol. The molecule has 38 heavy (non-hydrogen) atoms. The van der Waals surface area contributed by atoms with E-state index in [9.17, 15) is 36.0 Å². The number of anilines is 2. The molecule has 0 atom stereocenters. The lowest BCUT2D eigenvalue weighted by atomic mass is 10.3. The van der Waals surface area contributed by atoms with Crippen molar-refractivity contribution < 1.29 is 36.0 Å². The standard InChI is InChI=1S/C12H14N2O4S.C8H9NO2S.C4H5NO2/c13-9-1-3-10(4-2-9)19(17,18)8-7-14-11(15)5-6-12(14)16;1-2-12(10,11)8-5-3-7(9)4-6-8;6-3-1-2-4(7)5-3/h1-4H,5-8,13H2;2-6H,1,9H2;1-2H2,(H,5,6,7). The van der Waals surface area contributed by atoms with Gasteiger partial charge >= 0.3 is 0 Å². The zero-order chi connectivity index (χ0) is 28.5. The SMILES string of the molecule is C=CS(=O)(=O)c1ccc(N)cc1.Nc1ccc(S(=O)(=O)CCN2C(=O)CCC2=O)cc1.O=C1CCC(=O)N1. The molecule has 12 nitrogen and oxygen atoms in total. The maximum atomic E-state index is 12.0. The third-order valence-electron chi connectivity index (χ3n) is 5.26. The van der Waals surface area contributed by atoms with Crippen LogP contribution in [0, 0.1) is 0 Å². The first kappa shape index (κ1) is 30.2. The zero-order valence-electron chi connectivity index (χ0n) is 20.3. The normalized spacial score (nSPS) is 15.2. The van der Waals surface area contributed by atoms with Crippen LogP contribution >= 0.6 is 0 Å². The van der Waals surface area contributed by atoms with Gasteiger partial charge in [-0.2, -0.15) is 0 Å². The number of carbonyl (C=O) groups is 4. The lowest BCUT2D eigenvalue weighted by Gasteiger charge is -2.13. The van der Waals surface area contributed by atoms with Crippen molar-refractivity contribution in [3.05, 3.63) is 60.5 Å². The van der Waals surface area contributed by atoms with Gasteiger partial charge in [-0.05, 0) is 48.5 Å². The van der Waals surface area contributed by atoms with Crippen LogP contribution in [0.2, 0.25) is 0 Å². The van der Waals surface area contributed by atoms with E-state index in [4.69, 9.17) is 11.5 Å². The molecule has 2 aromatic carbocycles. The number of carbonyl (C=O) groups excluding carboxylic acids is 4. The molecule has 2 aromatic rings. The Bertz CT molecular complexity index is 1390. The summed E-state index contributed by atoms with van der Waals surface area (Å²) in [5, 5.41) is 3.05. The van der Waals surface area contributed by atoms with E-state index in [-0.39, 0.29) is 58.6 Å². The van der Waals surface area contributed by atoms with Crippen LogP contribution < -0.4 is 16.8 Å². The maximum Gasteiger partial charge on any atom is 0.229 e. The van der Waals surface area contributed by atoms with E-state index >= 15 is 0 Å². The highest BCUT2D eigenvalue weighted by Gasteiger charge is 2.30.